The smallest absolute Gasteiger partial charge is 0.161 e. The monoisotopic (exact) mass is 344 g/mol. The molecule has 1 aliphatic carbocycles. The molecule has 138 valence electrons. The molecule has 3 aliphatic rings. The Labute approximate surface area is 152 Å². The first kappa shape index (κ1) is 17.2. The highest BCUT2D eigenvalue weighted by Gasteiger charge is 2.39. The Morgan fingerprint density at radius 2 is 1.84 bits per heavy atom. The zero-order valence-corrected chi connectivity index (χ0v) is 16.0. The van der Waals surface area contributed by atoms with Crippen LogP contribution in [-0.2, 0) is 4.74 Å². The van der Waals surface area contributed by atoms with Gasteiger partial charge in [0, 0.05) is 31.8 Å². The van der Waals surface area contributed by atoms with Crippen molar-refractivity contribution in [1.82, 2.24) is 4.90 Å². The van der Waals surface area contributed by atoms with E-state index in [4.69, 9.17) is 9.47 Å². The molecule has 0 atom stereocenters. The number of hydrogen-bond donors (Lipinski definition) is 0. The second-order valence-electron chi connectivity index (χ2n) is 8.36. The standard InChI is InChI=1S/C21H32N2O2/c1-16-4-5-20-19(14-16)23(15-25-20)17-8-12-22(13-9-17)21(2)10-6-18(24-3)7-11-21/h4-5,14,17-18H,6-13,15H2,1-3H3/t18-,21-. The van der Waals surface area contributed by atoms with Gasteiger partial charge >= 0.3 is 0 Å². The van der Waals surface area contributed by atoms with Gasteiger partial charge in [0.2, 0.25) is 0 Å². The van der Waals surface area contributed by atoms with Gasteiger partial charge in [0.1, 0.15) is 5.75 Å². The van der Waals surface area contributed by atoms with Crippen LogP contribution in [0.3, 0.4) is 0 Å². The van der Waals surface area contributed by atoms with Crippen LogP contribution in [0.2, 0.25) is 0 Å². The predicted molar refractivity (Wildman–Crippen MR) is 101 cm³/mol. The minimum absolute atomic E-state index is 0.371. The van der Waals surface area contributed by atoms with Crippen LogP contribution in [0.5, 0.6) is 5.75 Å². The maximum absolute atomic E-state index is 5.90. The number of piperidine rings is 1. The zero-order chi connectivity index (χ0) is 17.4. The normalized spacial score (nSPS) is 31.0. The Hall–Kier alpha value is -1.26. The molecule has 0 aromatic heterocycles. The first-order valence-electron chi connectivity index (χ1n) is 9.87. The van der Waals surface area contributed by atoms with Crippen molar-refractivity contribution in [3.63, 3.8) is 0 Å². The molecule has 2 fully saturated rings. The van der Waals surface area contributed by atoms with E-state index in [0.717, 1.165) is 12.5 Å². The summed E-state index contributed by atoms with van der Waals surface area (Å²) >= 11 is 0. The largest absolute Gasteiger partial charge is 0.471 e. The molecule has 2 heterocycles. The van der Waals surface area contributed by atoms with Crippen LogP contribution in [0.15, 0.2) is 18.2 Å². The number of benzene rings is 1. The first-order chi connectivity index (χ1) is 12.1. The molecule has 25 heavy (non-hydrogen) atoms. The van der Waals surface area contributed by atoms with Gasteiger partial charge in [0.15, 0.2) is 6.73 Å². The highest BCUT2D eigenvalue weighted by atomic mass is 16.5. The molecule has 1 aromatic carbocycles. The third-order valence-corrected chi connectivity index (χ3v) is 6.79. The predicted octanol–water partition coefficient (Wildman–Crippen LogP) is 3.96. The topological polar surface area (TPSA) is 24.9 Å². The number of methoxy groups -OCH3 is 1. The molecule has 1 saturated carbocycles. The maximum Gasteiger partial charge on any atom is 0.161 e. The highest BCUT2D eigenvalue weighted by Crippen LogP contribution is 2.40. The zero-order valence-electron chi connectivity index (χ0n) is 16.0. The Kier molecular flexibility index (Phi) is 4.67. The maximum atomic E-state index is 5.90. The summed E-state index contributed by atoms with van der Waals surface area (Å²) in [5, 5.41) is 0. The van der Waals surface area contributed by atoms with Crippen LogP contribution >= 0.6 is 0 Å². The van der Waals surface area contributed by atoms with Crippen molar-refractivity contribution in [2.45, 2.75) is 70.1 Å². The summed E-state index contributed by atoms with van der Waals surface area (Å²) in [5.41, 5.74) is 2.98. The number of rotatable bonds is 3. The van der Waals surface area contributed by atoms with E-state index >= 15 is 0 Å². The van der Waals surface area contributed by atoms with Crippen LogP contribution in [0.4, 0.5) is 5.69 Å². The number of likely N-dealkylation sites (tertiary alicyclic amines) is 1. The lowest BCUT2D eigenvalue weighted by molar-refractivity contribution is -0.0118. The van der Waals surface area contributed by atoms with Gasteiger partial charge in [0.05, 0.1) is 11.8 Å². The molecule has 0 N–H and O–H groups in total. The molecule has 0 spiro atoms. The number of fused-ring (bicyclic) bond motifs is 1. The van der Waals surface area contributed by atoms with E-state index in [2.05, 4.69) is 41.8 Å². The van der Waals surface area contributed by atoms with Crippen LogP contribution in [-0.4, -0.2) is 49.5 Å². The fourth-order valence-corrected chi connectivity index (χ4v) is 4.97. The van der Waals surface area contributed by atoms with E-state index in [1.54, 1.807) is 0 Å². The number of anilines is 1. The Bertz CT molecular complexity index is 602. The third-order valence-electron chi connectivity index (χ3n) is 6.79. The molecule has 4 nitrogen and oxygen atoms in total. The number of hydrogen-bond acceptors (Lipinski definition) is 4. The van der Waals surface area contributed by atoms with Crippen molar-refractivity contribution >= 4 is 5.69 Å². The fourth-order valence-electron chi connectivity index (χ4n) is 4.97. The van der Waals surface area contributed by atoms with Gasteiger partial charge in [-0.2, -0.15) is 0 Å². The SMILES string of the molecule is CO[C@H]1CC[C@](C)(N2CCC(N3COc4ccc(C)cc43)CC2)CC1. The van der Waals surface area contributed by atoms with Crippen molar-refractivity contribution in [3.8, 4) is 5.75 Å². The quantitative estimate of drug-likeness (QED) is 0.828. The average Bonchev–Trinajstić information content (AvgIpc) is 3.05. The molecule has 0 amide bonds. The second-order valence-corrected chi connectivity index (χ2v) is 8.36. The van der Waals surface area contributed by atoms with Crippen LogP contribution in [0.25, 0.3) is 0 Å². The summed E-state index contributed by atoms with van der Waals surface area (Å²) < 4.78 is 11.5. The van der Waals surface area contributed by atoms with Gasteiger partial charge in [-0.25, -0.2) is 0 Å². The van der Waals surface area contributed by atoms with E-state index < -0.39 is 0 Å². The molecule has 4 heteroatoms. The van der Waals surface area contributed by atoms with Crippen LogP contribution in [0.1, 0.15) is 51.0 Å². The van der Waals surface area contributed by atoms with Gasteiger partial charge in [-0.1, -0.05) is 6.07 Å². The third kappa shape index (κ3) is 3.26. The van der Waals surface area contributed by atoms with Gasteiger partial charge in [-0.15, -0.1) is 0 Å². The van der Waals surface area contributed by atoms with E-state index in [0.29, 0.717) is 17.7 Å². The summed E-state index contributed by atoms with van der Waals surface area (Å²) in [7, 11) is 1.86. The molecule has 0 bridgehead atoms. The highest BCUT2D eigenvalue weighted by molar-refractivity contribution is 5.63. The van der Waals surface area contributed by atoms with Gasteiger partial charge in [-0.3, -0.25) is 4.90 Å². The molecular formula is C21H32N2O2. The Balaban J connectivity index is 1.37. The van der Waals surface area contributed by atoms with Crippen LogP contribution in [0, 0.1) is 6.92 Å². The van der Waals surface area contributed by atoms with Gasteiger partial charge in [0.25, 0.3) is 0 Å². The number of ether oxygens (including phenoxy) is 2. The van der Waals surface area contributed by atoms with E-state index in [9.17, 15) is 0 Å². The molecule has 1 saturated heterocycles. The van der Waals surface area contributed by atoms with E-state index in [1.807, 2.05) is 7.11 Å². The van der Waals surface area contributed by atoms with E-state index in [-0.39, 0.29) is 0 Å². The first-order valence-corrected chi connectivity index (χ1v) is 9.87. The lowest BCUT2D eigenvalue weighted by Gasteiger charge is -2.49. The van der Waals surface area contributed by atoms with Gasteiger partial charge in [-0.05, 0) is 70.1 Å². The summed E-state index contributed by atoms with van der Waals surface area (Å²) in [5.74, 6) is 1.05. The fraction of sp³-hybridized carbons (Fsp3) is 0.714. The lowest BCUT2D eigenvalue weighted by Crippen LogP contribution is -2.55. The van der Waals surface area contributed by atoms with Crippen molar-refractivity contribution in [3.05, 3.63) is 23.8 Å². The Morgan fingerprint density at radius 3 is 2.52 bits per heavy atom. The summed E-state index contributed by atoms with van der Waals surface area (Å²) in [4.78, 5) is 5.24. The number of nitrogens with zero attached hydrogens (tertiary/aromatic N) is 2. The molecule has 0 radical (unpaired) electrons. The summed E-state index contributed by atoms with van der Waals surface area (Å²) in [6.07, 6.45) is 7.90. The molecule has 4 rings (SSSR count). The van der Waals surface area contributed by atoms with Crippen molar-refractivity contribution in [2.24, 2.45) is 0 Å². The van der Waals surface area contributed by atoms with E-state index in [1.165, 1.54) is 62.9 Å². The minimum Gasteiger partial charge on any atom is -0.471 e. The summed E-state index contributed by atoms with van der Waals surface area (Å²) in [6, 6.07) is 7.15. The average molecular weight is 344 g/mol. The van der Waals surface area contributed by atoms with Crippen molar-refractivity contribution in [2.75, 3.05) is 31.8 Å². The van der Waals surface area contributed by atoms with Gasteiger partial charge < -0.3 is 14.4 Å². The lowest BCUT2D eigenvalue weighted by atomic mass is 9.79. The van der Waals surface area contributed by atoms with Crippen molar-refractivity contribution < 1.29 is 9.47 Å². The molecule has 1 aromatic rings. The van der Waals surface area contributed by atoms with Crippen LogP contribution < -0.4 is 9.64 Å². The summed E-state index contributed by atoms with van der Waals surface area (Å²) in [6.45, 7) is 7.76. The molecular weight excluding hydrogens is 312 g/mol. The molecule has 2 aliphatic heterocycles. The number of aryl methyl sites for hydroxylation is 1. The molecule has 0 unspecified atom stereocenters. The minimum atomic E-state index is 0.371. The van der Waals surface area contributed by atoms with Crippen molar-refractivity contribution in [1.29, 1.82) is 0 Å². The second kappa shape index (κ2) is 6.81. The Morgan fingerprint density at radius 1 is 1.12 bits per heavy atom.